The van der Waals surface area contributed by atoms with E-state index in [1.54, 1.807) is 0 Å². The lowest BCUT2D eigenvalue weighted by molar-refractivity contribution is 0.0359. The van der Waals surface area contributed by atoms with Crippen molar-refractivity contribution >= 4 is 11.6 Å². The second kappa shape index (κ2) is 6.47. The molecule has 4 heteroatoms. The summed E-state index contributed by atoms with van der Waals surface area (Å²) in [5.41, 5.74) is 4.43. The second-order valence-electron chi connectivity index (χ2n) is 10.4. The van der Waals surface area contributed by atoms with Gasteiger partial charge in [0.1, 0.15) is 0 Å². The van der Waals surface area contributed by atoms with Gasteiger partial charge in [0.25, 0.3) is 5.91 Å². The Morgan fingerprint density at radius 1 is 1.07 bits per heavy atom. The van der Waals surface area contributed by atoms with Gasteiger partial charge in [-0.1, -0.05) is 0 Å². The van der Waals surface area contributed by atoms with Gasteiger partial charge in [0.05, 0.1) is 5.54 Å². The van der Waals surface area contributed by atoms with E-state index in [4.69, 9.17) is 4.74 Å². The first-order valence-electron chi connectivity index (χ1n) is 11.9. The van der Waals surface area contributed by atoms with E-state index >= 15 is 0 Å². The van der Waals surface area contributed by atoms with Crippen LogP contribution < -0.4 is 4.90 Å². The van der Waals surface area contributed by atoms with Crippen molar-refractivity contribution in [3.05, 3.63) is 29.3 Å². The maximum absolute atomic E-state index is 13.2. The van der Waals surface area contributed by atoms with Crippen LogP contribution in [-0.4, -0.2) is 49.7 Å². The largest absolute Gasteiger partial charge is 0.381 e. The summed E-state index contributed by atoms with van der Waals surface area (Å²) in [5.74, 6) is 1.92. The molecule has 1 aromatic carbocycles. The maximum atomic E-state index is 13.2. The number of nitrogens with zero attached hydrogens (tertiary/aromatic N) is 2. The molecule has 5 aliphatic rings. The first kappa shape index (κ1) is 18.2. The number of likely N-dealkylation sites (N-methyl/N-ethyl adjacent to an activating group) is 1. The molecule has 2 saturated carbocycles. The van der Waals surface area contributed by atoms with E-state index in [1.165, 1.54) is 56.2 Å². The Bertz CT molecular complexity index is 826. The number of carbonyl (C=O) groups is 1. The van der Waals surface area contributed by atoms with E-state index in [-0.39, 0.29) is 5.91 Å². The summed E-state index contributed by atoms with van der Waals surface area (Å²) < 4.78 is 5.63. The lowest BCUT2D eigenvalue weighted by atomic mass is 9.69. The number of anilines is 1. The summed E-state index contributed by atoms with van der Waals surface area (Å²) in [6, 6.07) is 6.63. The third-order valence-electron chi connectivity index (χ3n) is 9.24. The number of hydrogen-bond acceptors (Lipinski definition) is 3. The second-order valence-corrected chi connectivity index (χ2v) is 10.4. The van der Waals surface area contributed by atoms with E-state index in [0.29, 0.717) is 11.0 Å². The van der Waals surface area contributed by atoms with Crippen molar-refractivity contribution in [2.45, 2.75) is 68.7 Å². The van der Waals surface area contributed by atoms with Crippen LogP contribution in [0, 0.1) is 11.8 Å². The maximum Gasteiger partial charge on any atom is 0.253 e. The zero-order chi connectivity index (χ0) is 19.6. The van der Waals surface area contributed by atoms with Crippen molar-refractivity contribution < 1.29 is 9.53 Å². The molecule has 3 aliphatic heterocycles. The number of ether oxygens (including phenoxy) is 1. The van der Waals surface area contributed by atoms with Crippen LogP contribution in [0.4, 0.5) is 5.69 Å². The highest BCUT2D eigenvalue weighted by molar-refractivity contribution is 5.96. The van der Waals surface area contributed by atoms with Crippen LogP contribution in [0.2, 0.25) is 0 Å². The number of piperidine rings is 1. The van der Waals surface area contributed by atoms with Crippen LogP contribution in [0.15, 0.2) is 18.2 Å². The zero-order valence-electron chi connectivity index (χ0n) is 17.8. The Labute approximate surface area is 174 Å². The quantitative estimate of drug-likeness (QED) is 0.747. The van der Waals surface area contributed by atoms with Crippen molar-refractivity contribution in [3.8, 4) is 0 Å². The monoisotopic (exact) mass is 394 g/mol. The van der Waals surface area contributed by atoms with E-state index in [1.807, 2.05) is 0 Å². The van der Waals surface area contributed by atoms with E-state index in [0.717, 1.165) is 56.5 Å². The van der Waals surface area contributed by atoms with Gasteiger partial charge in [0.15, 0.2) is 0 Å². The summed E-state index contributed by atoms with van der Waals surface area (Å²) >= 11 is 0. The molecule has 4 fully saturated rings. The van der Waals surface area contributed by atoms with Crippen molar-refractivity contribution in [2.24, 2.45) is 11.8 Å². The minimum atomic E-state index is 0.251. The number of carbonyl (C=O) groups excluding carboxylic acids is 1. The topological polar surface area (TPSA) is 32.8 Å². The molecule has 156 valence electrons. The van der Waals surface area contributed by atoms with Gasteiger partial charge in [0.2, 0.25) is 0 Å². The standard InChI is InChI=1S/C25H34N2O2/c1-26-22-6-5-19(23(28)27-11-3-2-4-12-27)15-21(22)24-16-20(7-10-25(24,26)17-24)18-8-13-29-14-9-18/h5-6,15,18,20H,2-4,7-14,16-17H2,1H3/t20-,24?,25?/m1/s1. The summed E-state index contributed by atoms with van der Waals surface area (Å²) in [6.07, 6.45) is 11.3. The Kier molecular flexibility index (Phi) is 4.07. The number of fused-ring (bicyclic) bond motifs is 1. The van der Waals surface area contributed by atoms with E-state index in [2.05, 4.69) is 35.0 Å². The minimum Gasteiger partial charge on any atom is -0.381 e. The average Bonchev–Trinajstić information content (AvgIpc) is 3.44. The van der Waals surface area contributed by atoms with Crippen molar-refractivity contribution in [1.29, 1.82) is 0 Å². The average molecular weight is 395 g/mol. The molecule has 6 rings (SSSR count). The molecular formula is C25H34N2O2. The van der Waals surface area contributed by atoms with Gasteiger partial charge in [-0.2, -0.15) is 0 Å². The third-order valence-corrected chi connectivity index (χ3v) is 9.24. The van der Waals surface area contributed by atoms with Crippen LogP contribution in [0.1, 0.15) is 73.7 Å². The Balaban J connectivity index is 1.31. The van der Waals surface area contributed by atoms with Crippen molar-refractivity contribution in [3.63, 3.8) is 0 Å². The molecule has 0 spiro atoms. The number of benzene rings is 1. The molecule has 29 heavy (non-hydrogen) atoms. The van der Waals surface area contributed by atoms with Crippen LogP contribution in [0.25, 0.3) is 0 Å². The van der Waals surface area contributed by atoms with E-state index in [9.17, 15) is 4.79 Å². The van der Waals surface area contributed by atoms with Crippen molar-refractivity contribution in [1.82, 2.24) is 4.90 Å². The van der Waals surface area contributed by atoms with Gasteiger partial charge >= 0.3 is 0 Å². The van der Waals surface area contributed by atoms with E-state index < -0.39 is 0 Å². The number of amides is 1. The first-order chi connectivity index (χ1) is 14.1. The molecule has 1 amide bonds. The molecule has 0 N–H and O–H groups in total. The molecule has 2 saturated heterocycles. The minimum absolute atomic E-state index is 0.251. The van der Waals surface area contributed by atoms with Crippen LogP contribution in [-0.2, 0) is 10.2 Å². The number of rotatable bonds is 2. The Morgan fingerprint density at radius 3 is 2.66 bits per heavy atom. The fourth-order valence-corrected chi connectivity index (χ4v) is 7.53. The summed E-state index contributed by atoms with van der Waals surface area (Å²) in [5, 5.41) is 0. The summed E-state index contributed by atoms with van der Waals surface area (Å²) in [4.78, 5) is 17.8. The predicted octanol–water partition coefficient (Wildman–Crippen LogP) is 4.37. The first-order valence-corrected chi connectivity index (χ1v) is 11.9. The highest BCUT2D eigenvalue weighted by Crippen LogP contribution is 2.75. The zero-order valence-corrected chi connectivity index (χ0v) is 17.8. The van der Waals surface area contributed by atoms with Crippen LogP contribution in [0.3, 0.4) is 0 Å². The fourth-order valence-electron chi connectivity index (χ4n) is 7.53. The molecule has 0 bridgehead atoms. The van der Waals surface area contributed by atoms with Gasteiger partial charge < -0.3 is 14.5 Å². The molecule has 0 aromatic heterocycles. The molecule has 2 aliphatic carbocycles. The molecular weight excluding hydrogens is 360 g/mol. The molecule has 2 unspecified atom stereocenters. The molecule has 4 nitrogen and oxygen atoms in total. The van der Waals surface area contributed by atoms with Gasteiger partial charge in [-0.3, -0.25) is 4.79 Å². The highest BCUT2D eigenvalue weighted by atomic mass is 16.5. The van der Waals surface area contributed by atoms with Crippen LogP contribution >= 0.6 is 0 Å². The third kappa shape index (κ3) is 2.50. The van der Waals surface area contributed by atoms with Gasteiger partial charge in [-0.05, 0) is 93.4 Å². The SMILES string of the molecule is CN1c2ccc(C(=O)N3CCCCC3)cc2C23C[C@H](C4CCOCC4)CCC12C3. The fraction of sp³-hybridized carbons (Fsp3) is 0.720. The lowest BCUT2D eigenvalue weighted by Gasteiger charge is -2.39. The summed E-state index contributed by atoms with van der Waals surface area (Å²) in [6.45, 7) is 3.75. The smallest absolute Gasteiger partial charge is 0.253 e. The van der Waals surface area contributed by atoms with Gasteiger partial charge in [-0.15, -0.1) is 0 Å². The predicted molar refractivity (Wildman–Crippen MR) is 115 cm³/mol. The lowest BCUT2D eigenvalue weighted by Crippen LogP contribution is -2.41. The Morgan fingerprint density at radius 2 is 1.86 bits per heavy atom. The molecule has 0 radical (unpaired) electrons. The summed E-state index contributed by atoms with van der Waals surface area (Å²) in [7, 11) is 2.30. The van der Waals surface area contributed by atoms with Gasteiger partial charge in [0, 0.05) is 50.0 Å². The molecule has 3 heterocycles. The Hall–Kier alpha value is -1.55. The van der Waals surface area contributed by atoms with Crippen molar-refractivity contribution in [2.75, 3.05) is 38.3 Å². The molecule has 3 atom stereocenters. The normalized spacial score (nSPS) is 36.4. The van der Waals surface area contributed by atoms with Crippen LogP contribution in [0.5, 0.6) is 0 Å². The number of hydrogen-bond donors (Lipinski definition) is 0. The number of likely N-dealkylation sites (tertiary alicyclic amines) is 1. The molecule has 1 aromatic rings. The highest BCUT2D eigenvalue weighted by Gasteiger charge is 2.76. The van der Waals surface area contributed by atoms with Gasteiger partial charge in [-0.25, -0.2) is 0 Å².